The van der Waals surface area contributed by atoms with E-state index in [-0.39, 0.29) is 46.8 Å². The first-order chi connectivity index (χ1) is 15.0. The second-order valence-corrected chi connectivity index (χ2v) is 11.4. The van der Waals surface area contributed by atoms with E-state index in [0.717, 1.165) is 18.4 Å². The summed E-state index contributed by atoms with van der Waals surface area (Å²) in [7, 11) is 0. The van der Waals surface area contributed by atoms with E-state index < -0.39 is 16.8 Å². The van der Waals surface area contributed by atoms with Gasteiger partial charge in [0.15, 0.2) is 5.79 Å². The summed E-state index contributed by atoms with van der Waals surface area (Å²) in [5.74, 6) is -1.02. The van der Waals surface area contributed by atoms with Crippen molar-refractivity contribution in [2.45, 2.75) is 83.9 Å². The van der Waals surface area contributed by atoms with E-state index in [4.69, 9.17) is 23.4 Å². The van der Waals surface area contributed by atoms with Crippen molar-refractivity contribution in [3.63, 3.8) is 0 Å². The number of carbonyl (C=O) groups excluding carboxylic acids is 2. The fraction of sp³-hybridized carbons (Fsp3) is 0.760. The highest BCUT2D eigenvalue weighted by Gasteiger charge is 2.89. The highest BCUT2D eigenvalue weighted by Crippen LogP contribution is 2.84. The molecule has 3 saturated carbocycles. The van der Waals surface area contributed by atoms with Crippen molar-refractivity contribution < 1.29 is 33.0 Å². The van der Waals surface area contributed by atoms with Crippen LogP contribution in [0.3, 0.4) is 0 Å². The molecule has 32 heavy (non-hydrogen) atoms. The summed E-state index contributed by atoms with van der Waals surface area (Å²) in [4.78, 5) is 24.3. The van der Waals surface area contributed by atoms with Gasteiger partial charge in [-0.1, -0.05) is 20.8 Å². The molecule has 3 heterocycles. The van der Waals surface area contributed by atoms with Crippen molar-refractivity contribution >= 4 is 11.9 Å². The predicted octanol–water partition coefficient (Wildman–Crippen LogP) is 3.95. The molecule has 6 rings (SSSR count). The fourth-order valence-corrected chi connectivity index (χ4v) is 8.54. The summed E-state index contributed by atoms with van der Waals surface area (Å²) in [5, 5.41) is 0. The molecule has 2 aliphatic heterocycles. The van der Waals surface area contributed by atoms with Crippen LogP contribution in [-0.2, 0) is 34.3 Å². The number of fused-ring (bicyclic) bond motifs is 2. The van der Waals surface area contributed by atoms with Gasteiger partial charge in [-0.2, -0.15) is 0 Å². The van der Waals surface area contributed by atoms with E-state index >= 15 is 0 Å². The van der Waals surface area contributed by atoms with E-state index in [2.05, 4.69) is 20.8 Å². The Balaban J connectivity index is 1.57. The van der Waals surface area contributed by atoms with Gasteiger partial charge < -0.3 is 23.4 Å². The summed E-state index contributed by atoms with van der Waals surface area (Å²) < 4.78 is 31.3. The Kier molecular flexibility index (Phi) is 3.87. The molecule has 9 atom stereocenters. The Morgan fingerprint density at radius 3 is 2.50 bits per heavy atom. The smallest absolute Gasteiger partial charge is 0.302 e. The van der Waals surface area contributed by atoms with Gasteiger partial charge in [-0.15, -0.1) is 0 Å². The van der Waals surface area contributed by atoms with Gasteiger partial charge in [0.25, 0.3) is 0 Å². The largest absolute Gasteiger partial charge is 0.472 e. The molecular weight excluding hydrogens is 412 g/mol. The van der Waals surface area contributed by atoms with Gasteiger partial charge in [0, 0.05) is 43.6 Å². The molecule has 5 aliphatic rings. The molecule has 174 valence electrons. The molecule has 1 spiro atoms. The highest BCUT2D eigenvalue weighted by atomic mass is 16.7. The lowest BCUT2D eigenvalue weighted by Gasteiger charge is -2.68. The number of hydrogen-bond donors (Lipinski definition) is 0. The molecule has 1 aromatic heterocycles. The Morgan fingerprint density at radius 2 is 1.84 bits per heavy atom. The van der Waals surface area contributed by atoms with Crippen LogP contribution in [0.4, 0.5) is 0 Å². The second-order valence-electron chi connectivity index (χ2n) is 11.4. The van der Waals surface area contributed by atoms with E-state index in [0.29, 0.717) is 19.4 Å². The molecule has 1 aromatic rings. The van der Waals surface area contributed by atoms with E-state index in [1.54, 1.807) is 12.5 Å². The summed E-state index contributed by atoms with van der Waals surface area (Å²) in [5.41, 5.74) is -0.751. The minimum absolute atomic E-state index is 0.209. The number of esters is 2. The zero-order valence-electron chi connectivity index (χ0n) is 19.4. The molecule has 7 nitrogen and oxygen atoms in total. The third kappa shape index (κ3) is 2.11. The van der Waals surface area contributed by atoms with Gasteiger partial charge in [0.2, 0.25) is 0 Å². The van der Waals surface area contributed by atoms with Crippen LogP contribution in [0.25, 0.3) is 0 Å². The Labute approximate surface area is 188 Å². The minimum Gasteiger partial charge on any atom is -0.472 e. The van der Waals surface area contributed by atoms with Gasteiger partial charge in [-0.05, 0) is 30.2 Å². The molecule has 0 N–H and O–H groups in total. The van der Waals surface area contributed by atoms with Gasteiger partial charge >= 0.3 is 11.9 Å². The lowest BCUT2D eigenvalue weighted by molar-refractivity contribution is -0.403. The SMILES string of the molecule is CC(=O)OC1CC23OC4(c5ccoc5)CC2(C)C(C)CC(OC(C)=O)C3(CO4)C2(C)CC12. The predicted molar refractivity (Wildman–Crippen MR) is 111 cm³/mol. The summed E-state index contributed by atoms with van der Waals surface area (Å²) in [6, 6.07) is 1.91. The number of furan rings is 1. The molecule has 0 radical (unpaired) electrons. The molecule has 7 heteroatoms. The first kappa shape index (κ1) is 20.7. The number of rotatable bonds is 3. The summed E-state index contributed by atoms with van der Waals surface area (Å²) >= 11 is 0. The maximum Gasteiger partial charge on any atom is 0.302 e. The van der Waals surface area contributed by atoms with Gasteiger partial charge in [-0.3, -0.25) is 9.59 Å². The van der Waals surface area contributed by atoms with Gasteiger partial charge in [0.1, 0.15) is 12.2 Å². The second kappa shape index (κ2) is 5.98. The lowest BCUT2D eigenvalue weighted by atomic mass is 9.41. The summed E-state index contributed by atoms with van der Waals surface area (Å²) in [6.07, 6.45) is 5.77. The Bertz CT molecular complexity index is 988. The monoisotopic (exact) mass is 444 g/mol. The van der Waals surface area contributed by atoms with Crippen LogP contribution in [0.1, 0.15) is 65.9 Å². The van der Waals surface area contributed by atoms with E-state index in [9.17, 15) is 9.59 Å². The number of ether oxygens (including phenoxy) is 4. The topological polar surface area (TPSA) is 84.2 Å². The fourth-order valence-electron chi connectivity index (χ4n) is 8.54. The Morgan fingerprint density at radius 1 is 1.09 bits per heavy atom. The first-order valence-corrected chi connectivity index (χ1v) is 11.7. The minimum atomic E-state index is -0.913. The molecule has 9 unspecified atom stereocenters. The number of carbonyl (C=O) groups is 2. The molecular formula is C25H32O7. The van der Waals surface area contributed by atoms with Gasteiger partial charge in [-0.25, -0.2) is 0 Å². The first-order valence-electron chi connectivity index (χ1n) is 11.7. The maximum atomic E-state index is 12.2. The molecule has 5 fully saturated rings. The third-order valence-electron chi connectivity index (χ3n) is 10.2. The van der Waals surface area contributed by atoms with Crippen LogP contribution in [-0.4, -0.2) is 36.4 Å². The number of hydrogen-bond acceptors (Lipinski definition) is 7. The van der Waals surface area contributed by atoms with E-state index in [1.165, 1.54) is 13.8 Å². The van der Waals surface area contributed by atoms with Crippen molar-refractivity contribution in [1.82, 2.24) is 0 Å². The van der Waals surface area contributed by atoms with Crippen LogP contribution in [0.2, 0.25) is 0 Å². The van der Waals surface area contributed by atoms with Crippen LogP contribution in [0, 0.1) is 28.1 Å². The molecule has 0 aromatic carbocycles. The average Bonchev–Trinajstić information content (AvgIpc) is 3.07. The molecule has 0 amide bonds. The standard InChI is InChI=1S/C25H32O7/c1-14-8-20(31-16(3)27)23-13-29-24(17-6-7-28-11-17)12-22(14,5)25(23,32-24)10-19(30-15(2)26)18-9-21(18,23)4/h6-7,11,14,18-20H,8-10,12-13H2,1-5H3. The average molecular weight is 445 g/mol. The molecule has 3 aliphatic carbocycles. The van der Waals surface area contributed by atoms with Crippen molar-refractivity contribution in [3.8, 4) is 0 Å². The van der Waals surface area contributed by atoms with Crippen molar-refractivity contribution in [2.75, 3.05) is 6.61 Å². The normalized spacial score (nSPS) is 52.5. The lowest BCUT2D eigenvalue weighted by Crippen LogP contribution is -2.76. The van der Waals surface area contributed by atoms with Gasteiger partial charge in [0.05, 0.1) is 30.1 Å². The van der Waals surface area contributed by atoms with Crippen LogP contribution >= 0.6 is 0 Å². The van der Waals surface area contributed by atoms with Crippen LogP contribution in [0.15, 0.2) is 23.0 Å². The van der Waals surface area contributed by atoms with E-state index in [1.807, 2.05) is 6.07 Å². The van der Waals surface area contributed by atoms with Crippen molar-refractivity contribution in [3.05, 3.63) is 24.2 Å². The Hall–Kier alpha value is -1.86. The van der Waals surface area contributed by atoms with Crippen LogP contribution < -0.4 is 0 Å². The quantitative estimate of drug-likeness (QED) is 0.653. The van der Waals surface area contributed by atoms with Crippen LogP contribution in [0.5, 0.6) is 0 Å². The highest BCUT2D eigenvalue weighted by molar-refractivity contribution is 5.67. The van der Waals surface area contributed by atoms with Crippen molar-refractivity contribution in [1.29, 1.82) is 0 Å². The zero-order chi connectivity index (χ0) is 22.7. The maximum absolute atomic E-state index is 12.2. The molecule has 2 bridgehead atoms. The molecule has 2 saturated heterocycles. The van der Waals surface area contributed by atoms with Crippen molar-refractivity contribution in [2.24, 2.45) is 28.1 Å². The third-order valence-corrected chi connectivity index (χ3v) is 10.2. The zero-order valence-corrected chi connectivity index (χ0v) is 19.4. The summed E-state index contributed by atoms with van der Waals surface area (Å²) in [6.45, 7) is 10.2.